The van der Waals surface area contributed by atoms with Crippen LogP contribution < -0.4 is 5.73 Å². The van der Waals surface area contributed by atoms with Crippen LogP contribution in [0.5, 0.6) is 0 Å². The van der Waals surface area contributed by atoms with Gasteiger partial charge in [-0.05, 0) is 25.0 Å². The van der Waals surface area contributed by atoms with Gasteiger partial charge in [0, 0.05) is 10.8 Å². The van der Waals surface area contributed by atoms with Crippen LogP contribution in [0.2, 0.25) is 0 Å². The van der Waals surface area contributed by atoms with E-state index in [0.717, 1.165) is 18.6 Å². The van der Waals surface area contributed by atoms with Gasteiger partial charge in [-0.25, -0.2) is 0 Å². The normalized spacial score (nSPS) is 36.8. The van der Waals surface area contributed by atoms with Gasteiger partial charge < -0.3 is 10.8 Å². The minimum absolute atomic E-state index is 0.147. The molecule has 0 aromatic heterocycles. The van der Waals surface area contributed by atoms with Crippen LogP contribution in [0.15, 0.2) is 0 Å². The summed E-state index contributed by atoms with van der Waals surface area (Å²) in [6.45, 7) is 2.32. The third-order valence-electron chi connectivity index (χ3n) is 2.55. The van der Waals surface area contributed by atoms with Gasteiger partial charge >= 0.3 is 0 Å². The minimum Gasteiger partial charge on any atom is -0.394 e. The first-order valence-corrected chi connectivity index (χ1v) is 5.76. The molecule has 1 fully saturated rings. The van der Waals surface area contributed by atoms with Gasteiger partial charge in [0.25, 0.3) is 0 Å². The van der Waals surface area contributed by atoms with Crippen molar-refractivity contribution in [2.45, 2.75) is 43.4 Å². The summed E-state index contributed by atoms with van der Waals surface area (Å²) in [5.41, 5.74) is 5.74. The second-order valence-electron chi connectivity index (χ2n) is 3.69. The monoisotopic (exact) mass is 189 g/mol. The van der Waals surface area contributed by atoms with E-state index >= 15 is 0 Å². The van der Waals surface area contributed by atoms with Gasteiger partial charge in [0.2, 0.25) is 0 Å². The van der Waals surface area contributed by atoms with Crippen molar-refractivity contribution in [3.05, 3.63) is 0 Å². The Hall–Kier alpha value is 0.270. The highest BCUT2D eigenvalue weighted by atomic mass is 32.2. The van der Waals surface area contributed by atoms with E-state index in [9.17, 15) is 0 Å². The van der Waals surface area contributed by atoms with Crippen molar-refractivity contribution in [3.8, 4) is 0 Å². The zero-order valence-corrected chi connectivity index (χ0v) is 8.57. The molecule has 0 amide bonds. The van der Waals surface area contributed by atoms with Crippen molar-refractivity contribution in [2.75, 3.05) is 12.4 Å². The summed E-state index contributed by atoms with van der Waals surface area (Å²) in [6, 6.07) is 0. The maximum atomic E-state index is 9.10. The Morgan fingerprint density at radius 3 is 3.00 bits per heavy atom. The molecule has 2 atom stereocenters. The van der Waals surface area contributed by atoms with Crippen molar-refractivity contribution in [3.63, 3.8) is 0 Å². The van der Waals surface area contributed by atoms with Gasteiger partial charge in [0.15, 0.2) is 0 Å². The van der Waals surface area contributed by atoms with Crippen LogP contribution in [0.4, 0.5) is 0 Å². The minimum atomic E-state index is -0.273. The van der Waals surface area contributed by atoms with Crippen molar-refractivity contribution in [1.82, 2.24) is 0 Å². The van der Waals surface area contributed by atoms with Gasteiger partial charge in [-0.2, -0.15) is 11.8 Å². The summed E-state index contributed by atoms with van der Waals surface area (Å²) in [5, 5.41) is 9.78. The lowest BCUT2D eigenvalue weighted by molar-refractivity contribution is 0.159. The SMILES string of the molecule is CCSC1CCCC(N)(CO)C1. The molecule has 2 unspecified atom stereocenters. The average molecular weight is 189 g/mol. The molecule has 0 aromatic rings. The van der Waals surface area contributed by atoms with Crippen LogP contribution in [0.3, 0.4) is 0 Å². The predicted octanol–water partition coefficient (Wildman–Crippen LogP) is 1.37. The molecule has 3 N–H and O–H groups in total. The van der Waals surface area contributed by atoms with Crippen LogP contribution in [-0.2, 0) is 0 Å². The van der Waals surface area contributed by atoms with E-state index in [1.165, 1.54) is 12.8 Å². The van der Waals surface area contributed by atoms with E-state index in [2.05, 4.69) is 6.92 Å². The number of thioether (sulfide) groups is 1. The molecule has 2 nitrogen and oxygen atoms in total. The lowest BCUT2D eigenvalue weighted by Crippen LogP contribution is -2.48. The van der Waals surface area contributed by atoms with Crippen LogP contribution in [-0.4, -0.2) is 28.3 Å². The van der Waals surface area contributed by atoms with Crippen LogP contribution in [0.25, 0.3) is 0 Å². The Kier molecular flexibility index (Phi) is 3.87. The Bertz CT molecular complexity index is 140. The Morgan fingerprint density at radius 2 is 2.42 bits per heavy atom. The first-order valence-electron chi connectivity index (χ1n) is 4.71. The van der Waals surface area contributed by atoms with Crippen molar-refractivity contribution < 1.29 is 5.11 Å². The summed E-state index contributed by atoms with van der Waals surface area (Å²) in [6.07, 6.45) is 4.43. The molecule has 3 heteroatoms. The summed E-state index contributed by atoms with van der Waals surface area (Å²) >= 11 is 1.98. The highest BCUT2D eigenvalue weighted by molar-refractivity contribution is 7.99. The average Bonchev–Trinajstić information content (AvgIpc) is 2.05. The molecule has 72 valence electrons. The van der Waals surface area contributed by atoms with E-state index in [1.54, 1.807) is 0 Å². The summed E-state index contributed by atoms with van der Waals surface area (Å²) in [4.78, 5) is 0. The molecule has 0 spiro atoms. The van der Waals surface area contributed by atoms with E-state index < -0.39 is 0 Å². The highest BCUT2D eigenvalue weighted by Gasteiger charge is 2.31. The fourth-order valence-corrected chi connectivity index (χ4v) is 3.12. The predicted molar refractivity (Wildman–Crippen MR) is 54.4 cm³/mol. The van der Waals surface area contributed by atoms with E-state index in [-0.39, 0.29) is 12.1 Å². The molecule has 0 bridgehead atoms. The number of hydrogen-bond donors (Lipinski definition) is 2. The van der Waals surface area contributed by atoms with E-state index in [1.807, 2.05) is 11.8 Å². The highest BCUT2D eigenvalue weighted by Crippen LogP contribution is 2.33. The molecule has 0 aromatic carbocycles. The molecular formula is C9H19NOS. The van der Waals surface area contributed by atoms with Crippen LogP contribution >= 0.6 is 11.8 Å². The molecular weight excluding hydrogens is 170 g/mol. The van der Waals surface area contributed by atoms with Gasteiger partial charge in [0.05, 0.1) is 6.61 Å². The number of hydrogen-bond acceptors (Lipinski definition) is 3. The maximum absolute atomic E-state index is 9.10. The second-order valence-corrected chi connectivity index (χ2v) is 5.27. The topological polar surface area (TPSA) is 46.2 Å². The zero-order chi connectivity index (χ0) is 9.03. The standard InChI is InChI=1S/C9H19NOS/c1-2-12-8-4-3-5-9(10,6-8)7-11/h8,11H,2-7,10H2,1H3. The van der Waals surface area contributed by atoms with Gasteiger partial charge in [-0.15, -0.1) is 0 Å². The molecule has 1 saturated carbocycles. The van der Waals surface area contributed by atoms with E-state index in [0.29, 0.717) is 5.25 Å². The lowest BCUT2D eigenvalue weighted by Gasteiger charge is -2.36. The summed E-state index contributed by atoms with van der Waals surface area (Å²) < 4.78 is 0. The zero-order valence-electron chi connectivity index (χ0n) is 7.75. The fourth-order valence-electron chi connectivity index (χ4n) is 1.86. The first kappa shape index (κ1) is 10.4. The second kappa shape index (κ2) is 4.49. The summed E-state index contributed by atoms with van der Waals surface area (Å²) in [5.74, 6) is 1.16. The summed E-state index contributed by atoms with van der Waals surface area (Å²) in [7, 11) is 0. The Balaban J connectivity index is 2.39. The van der Waals surface area contributed by atoms with Crippen molar-refractivity contribution >= 4 is 11.8 Å². The largest absolute Gasteiger partial charge is 0.394 e. The number of aliphatic hydroxyl groups is 1. The van der Waals surface area contributed by atoms with Crippen LogP contribution in [0.1, 0.15) is 32.6 Å². The van der Waals surface area contributed by atoms with Crippen molar-refractivity contribution in [1.29, 1.82) is 0 Å². The quantitative estimate of drug-likeness (QED) is 0.705. The molecule has 0 aliphatic heterocycles. The van der Waals surface area contributed by atoms with Gasteiger partial charge in [-0.3, -0.25) is 0 Å². The number of nitrogens with two attached hydrogens (primary N) is 1. The third kappa shape index (κ3) is 2.64. The third-order valence-corrected chi connectivity index (χ3v) is 3.76. The molecule has 12 heavy (non-hydrogen) atoms. The fraction of sp³-hybridized carbons (Fsp3) is 1.00. The lowest BCUT2D eigenvalue weighted by atomic mass is 9.83. The number of aliphatic hydroxyl groups excluding tert-OH is 1. The molecule has 1 aliphatic carbocycles. The van der Waals surface area contributed by atoms with Crippen molar-refractivity contribution in [2.24, 2.45) is 5.73 Å². The number of rotatable bonds is 3. The molecule has 0 heterocycles. The van der Waals surface area contributed by atoms with E-state index in [4.69, 9.17) is 10.8 Å². The first-order chi connectivity index (χ1) is 5.70. The smallest absolute Gasteiger partial charge is 0.0611 e. The molecule has 1 aliphatic rings. The maximum Gasteiger partial charge on any atom is 0.0611 e. The van der Waals surface area contributed by atoms with Gasteiger partial charge in [0.1, 0.15) is 0 Å². The molecule has 0 saturated heterocycles. The van der Waals surface area contributed by atoms with Gasteiger partial charge in [-0.1, -0.05) is 13.3 Å². The Morgan fingerprint density at radius 1 is 1.67 bits per heavy atom. The molecule has 1 rings (SSSR count). The van der Waals surface area contributed by atoms with Crippen LogP contribution in [0, 0.1) is 0 Å². The Labute approximate surface area is 78.9 Å². The molecule has 0 radical (unpaired) electrons.